The molecule has 0 amide bonds. The second kappa shape index (κ2) is 6.18. The summed E-state index contributed by atoms with van der Waals surface area (Å²) in [6, 6.07) is 1.63. The lowest BCUT2D eigenvalue weighted by molar-refractivity contribution is 0.0694. The van der Waals surface area contributed by atoms with Crippen LogP contribution in [0.15, 0.2) is 6.07 Å². The standard InChI is InChI=1S/C9H18N6O2/c1-15(4-6(16)5-17-2)8-3-7(14-11)12-9(10)13-8/h3,6,16H,4-5,11H2,1-2H3,(H3,10,12,13,14). The molecule has 8 nitrogen and oxygen atoms in total. The summed E-state index contributed by atoms with van der Waals surface area (Å²) in [7, 11) is 3.31. The van der Waals surface area contributed by atoms with Crippen molar-refractivity contribution in [3.8, 4) is 0 Å². The van der Waals surface area contributed by atoms with Crippen molar-refractivity contribution in [1.29, 1.82) is 0 Å². The number of nitrogens with two attached hydrogens (primary N) is 2. The van der Waals surface area contributed by atoms with Crippen LogP contribution in [0.2, 0.25) is 0 Å². The number of aliphatic hydroxyl groups excluding tert-OH is 1. The molecule has 0 spiro atoms. The van der Waals surface area contributed by atoms with E-state index in [1.165, 1.54) is 7.11 Å². The number of hydrogen-bond donors (Lipinski definition) is 4. The van der Waals surface area contributed by atoms with E-state index in [2.05, 4.69) is 15.4 Å². The number of nitrogens with zero attached hydrogens (tertiary/aromatic N) is 3. The van der Waals surface area contributed by atoms with Crippen LogP contribution in [-0.2, 0) is 4.74 Å². The highest BCUT2D eigenvalue weighted by molar-refractivity contribution is 5.51. The predicted molar refractivity (Wildman–Crippen MR) is 65.4 cm³/mol. The first-order valence-electron chi connectivity index (χ1n) is 5.06. The molecule has 0 radical (unpaired) electrons. The number of hydrogen-bond acceptors (Lipinski definition) is 8. The third kappa shape index (κ3) is 4.02. The number of hydrazine groups is 1. The van der Waals surface area contributed by atoms with E-state index in [-0.39, 0.29) is 12.6 Å². The smallest absolute Gasteiger partial charge is 0.223 e. The average molecular weight is 242 g/mol. The van der Waals surface area contributed by atoms with Gasteiger partial charge in [0.05, 0.1) is 12.7 Å². The van der Waals surface area contributed by atoms with Crippen molar-refractivity contribution in [3.05, 3.63) is 6.07 Å². The molecule has 0 fully saturated rings. The second-order valence-electron chi connectivity index (χ2n) is 3.60. The molecule has 1 aromatic heterocycles. The minimum Gasteiger partial charge on any atom is -0.389 e. The van der Waals surface area contributed by atoms with Crippen LogP contribution in [-0.4, -0.2) is 48.5 Å². The van der Waals surface area contributed by atoms with Crippen LogP contribution < -0.4 is 21.9 Å². The fourth-order valence-corrected chi connectivity index (χ4v) is 1.38. The molecule has 1 heterocycles. The van der Waals surface area contributed by atoms with Crippen LogP contribution in [0.3, 0.4) is 0 Å². The highest BCUT2D eigenvalue weighted by atomic mass is 16.5. The molecule has 0 aromatic carbocycles. The minimum absolute atomic E-state index is 0.114. The van der Waals surface area contributed by atoms with Gasteiger partial charge >= 0.3 is 0 Å². The van der Waals surface area contributed by atoms with E-state index in [1.54, 1.807) is 18.0 Å². The quantitative estimate of drug-likeness (QED) is 0.362. The maximum absolute atomic E-state index is 9.60. The van der Waals surface area contributed by atoms with Crippen molar-refractivity contribution in [3.63, 3.8) is 0 Å². The first-order valence-corrected chi connectivity index (χ1v) is 5.06. The molecule has 6 N–H and O–H groups in total. The van der Waals surface area contributed by atoms with Crippen molar-refractivity contribution in [2.75, 3.05) is 43.4 Å². The third-order valence-electron chi connectivity index (χ3n) is 2.11. The highest BCUT2D eigenvalue weighted by Crippen LogP contribution is 2.15. The Hall–Kier alpha value is -1.64. The van der Waals surface area contributed by atoms with Gasteiger partial charge in [-0.15, -0.1) is 0 Å². The molecular weight excluding hydrogens is 224 g/mol. The molecule has 0 saturated carbocycles. The summed E-state index contributed by atoms with van der Waals surface area (Å²) in [6.45, 7) is 0.626. The lowest BCUT2D eigenvalue weighted by Crippen LogP contribution is -2.32. The van der Waals surface area contributed by atoms with Gasteiger partial charge in [0.15, 0.2) is 0 Å². The summed E-state index contributed by atoms with van der Waals surface area (Å²) in [5, 5.41) is 9.60. The Morgan fingerprint density at radius 3 is 2.88 bits per heavy atom. The zero-order valence-electron chi connectivity index (χ0n) is 9.92. The van der Waals surface area contributed by atoms with Gasteiger partial charge in [0.1, 0.15) is 11.6 Å². The van der Waals surface area contributed by atoms with Gasteiger partial charge in [0.2, 0.25) is 5.95 Å². The fourth-order valence-electron chi connectivity index (χ4n) is 1.38. The number of nitrogens with one attached hydrogen (secondary N) is 1. The molecule has 0 bridgehead atoms. The Morgan fingerprint density at radius 2 is 2.29 bits per heavy atom. The minimum atomic E-state index is -0.601. The molecule has 1 atom stereocenters. The van der Waals surface area contributed by atoms with E-state index in [0.717, 1.165) is 0 Å². The number of aromatic nitrogens is 2. The largest absolute Gasteiger partial charge is 0.389 e. The predicted octanol–water partition coefficient (Wildman–Crippen LogP) is -1.21. The van der Waals surface area contributed by atoms with Crippen molar-refractivity contribution < 1.29 is 9.84 Å². The first kappa shape index (κ1) is 13.4. The Morgan fingerprint density at radius 1 is 1.59 bits per heavy atom. The molecule has 8 heteroatoms. The summed E-state index contributed by atoms with van der Waals surface area (Å²) < 4.78 is 4.84. The van der Waals surface area contributed by atoms with E-state index >= 15 is 0 Å². The summed E-state index contributed by atoms with van der Waals surface area (Å²) in [5.74, 6) is 6.35. The lowest BCUT2D eigenvalue weighted by Gasteiger charge is -2.21. The van der Waals surface area contributed by atoms with Crippen LogP contribution in [0.5, 0.6) is 0 Å². The zero-order chi connectivity index (χ0) is 12.8. The Kier molecular flexibility index (Phi) is 4.88. The number of ether oxygens (including phenoxy) is 1. The number of nitrogen functional groups attached to an aromatic ring is 2. The summed E-state index contributed by atoms with van der Waals surface area (Å²) in [5.41, 5.74) is 7.93. The highest BCUT2D eigenvalue weighted by Gasteiger charge is 2.11. The van der Waals surface area contributed by atoms with E-state index in [0.29, 0.717) is 18.2 Å². The Bertz CT molecular complexity index is 361. The van der Waals surface area contributed by atoms with Crippen molar-refractivity contribution >= 4 is 17.6 Å². The molecule has 1 unspecified atom stereocenters. The maximum Gasteiger partial charge on any atom is 0.223 e. The van der Waals surface area contributed by atoms with Gasteiger partial charge in [-0.1, -0.05) is 0 Å². The Balaban J connectivity index is 2.74. The maximum atomic E-state index is 9.60. The van der Waals surface area contributed by atoms with Gasteiger partial charge in [-0.25, -0.2) is 5.84 Å². The second-order valence-corrected chi connectivity index (χ2v) is 3.60. The van der Waals surface area contributed by atoms with Crippen molar-refractivity contribution in [1.82, 2.24) is 9.97 Å². The van der Waals surface area contributed by atoms with Gasteiger partial charge in [-0.05, 0) is 0 Å². The normalized spacial score (nSPS) is 12.2. The molecule has 0 aliphatic heterocycles. The number of methoxy groups -OCH3 is 1. The van der Waals surface area contributed by atoms with Gasteiger partial charge < -0.3 is 25.9 Å². The van der Waals surface area contributed by atoms with E-state index < -0.39 is 6.10 Å². The first-order chi connectivity index (χ1) is 8.06. The molecule has 17 heavy (non-hydrogen) atoms. The lowest BCUT2D eigenvalue weighted by atomic mass is 10.3. The van der Waals surface area contributed by atoms with Crippen LogP contribution in [0.1, 0.15) is 0 Å². The number of aliphatic hydroxyl groups is 1. The molecular formula is C9H18N6O2. The molecule has 0 aliphatic rings. The molecule has 1 rings (SSSR count). The number of anilines is 3. The van der Waals surface area contributed by atoms with Gasteiger partial charge in [-0.2, -0.15) is 9.97 Å². The van der Waals surface area contributed by atoms with Crippen LogP contribution in [0, 0.1) is 0 Å². The topological polar surface area (TPSA) is 123 Å². The van der Waals surface area contributed by atoms with Crippen LogP contribution >= 0.6 is 0 Å². The van der Waals surface area contributed by atoms with E-state index in [1.807, 2.05) is 0 Å². The van der Waals surface area contributed by atoms with Crippen LogP contribution in [0.4, 0.5) is 17.6 Å². The summed E-state index contributed by atoms with van der Waals surface area (Å²) in [4.78, 5) is 9.65. The van der Waals surface area contributed by atoms with Gasteiger partial charge in [0.25, 0.3) is 0 Å². The molecule has 0 aliphatic carbocycles. The van der Waals surface area contributed by atoms with Crippen molar-refractivity contribution in [2.24, 2.45) is 5.84 Å². The van der Waals surface area contributed by atoms with E-state index in [4.69, 9.17) is 16.3 Å². The number of likely N-dealkylation sites (N-methyl/N-ethyl adjacent to an activating group) is 1. The SMILES string of the molecule is COCC(O)CN(C)c1cc(NN)nc(N)n1. The summed E-state index contributed by atoms with van der Waals surface area (Å²) in [6.07, 6.45) is -0.601. The van der Waals surface area contributed by atoms with Crippen LogP contribution in [0.25, 0.3) is 0 Å². The average Bonchev–Trinajstić information content (AvgIpc) is 2.28. The monoisotopic (exact) mass is 242 g/mol. The fraction of sp³-hybridized carbons (Fsp3) is 0.556. The Labute approximate surface area is 99.6 Å². The molecule has 0 saturated heterocycles. The third-order valence-corrected chi connectivity index (χ3v) is 2.11. The zero-order valence-corrected chi connectivity index (χ0v) is 9.92. The van der Waals surface area contributed by atoms with Crippen molar-refractivity contribution in [2.45, 2.75) is 6.10 Å². The molecule has 1 aromatic rings. The van der Waals surface area contributed by atoms with Gasteiger partial charge in [-0.3, -0.25) is 0 Å². The van der Waals surface area contributed by atoms with E-state index in [9.17, 15) is 5.11 Å². The molecule has 96 valence electrons. The summed E-state index contributed by atoms with van der Waals surface area (Å²) >= 11 is 0. The number of rotatable bonds is 6. The van der Waals surface area contributed by atoms with Gasteiger partial charge in [0, 0.05) is 26.8 Å².